The third-order valence-corrected chi connectivity index (χ3v) is 18.7. The Morgan fingerprint density at radius 3 is 1.02 bits per heavy atom. The fourth-order valence-corrected chi connectivity index (χ4v) is 12.7. The quantitative estimate of drug-likeness (QED) is 0.0951. The van der Waals surface area contributed by atoms with Gasteiger partial charge in [0, 0.05) is 55.7 Å². The summed E-state index contributed by atoms with van der Waals surface area (Å²) in [5.74, 6) is 0. The molecule has 10 aromatic rings. The molecule has 0 spiro atoms. The highest BCUT2D eigenvalue weighted by molar-refractivity contribution is 5.92. The van der Waals surface area contributed by atoms with Crippen LogP contribution in [0, 0.1) is 0 Å². The molecule has 2 unspecified atom stereocenters. The summed E-state index contributed by atoms with van der Waals surface area (Å²) in [6.07, 6.45) is 1.98. The van der Waals surface area contributed by atoms with Crippen molar-refractivity contribution in [2.24, 2.45) is 0 Å². The van der Waals surface area contributed by atoms with Gasteiger partial charge in [0.25, 0.3) is 0 Å². The summed E-state index contributed by atoms with van der Waals surface area (Å²) in [4.78, 5) is 4.88. The van der Waals surface area contributed by atoms with Crippen molar-refractivity contribution in [3.63, 3.8) is 0 Å². The first-order chi connectivity index (χ1) is 39.8. The number of hydrogen-bond donors (Lipinski definition) is 0. The summed E-state index contributed by atoms with van der Waals surface area (Å²) in [5.41, 5.74) is 18.7. The minimum absolute atomic E-state index is 0.126. The second-order valence-electron chi connectivity index (χ2n) is 24.0. The molecule has 0 N–H and O–H groups in total. The highest BCUT2D eigenvalue weighted by Crippen LogP contribution is 2.48. The normalized spacial score (nSPS) is 13.4. The zero-order valence-electron chi connectivity index (χ0n) is 48.9. The van der Waals surface area contributed by atoms with Gasteiger partial charge in [-0.3, -0.25) is 0 Å². The van der Waals surface area contributed by atoms with E-state index in [0.29, 0.717) is 0 Å². The van der Waals surface area contributed by atoms with E-state index in [1.54, 1.807) is 0 Å². The molecule has 0 heterocycles. The van der Waals surface area contributed by atoms with Crippen LogP contribution in [0.15, 0.2) is 279 Å². The summed E-state index contributed by atoms with van der Waals surface area (Å²) in [6, 6.07) is 104. The lowest BCUT2D eigenvalue weighted by atomic mass is 9.74. The van der Waals surface area contributed by atoms with Crippen molar-refractivity contribution in [3.8, 4) is 11.1 Å². The van der Waals surface area contributed by atoms with Gasteiger partial charge in [-0.05, 0) is 151 Å². The molecule has 2 aliphatic carbocycles. The van der Waals surface area contributed by atoms with Gasteiger partial charge in [0.05, 0.1) is 5.69 Å². The van der Waals surface area contributed by atoms with Crippen molar-refractivity contribution in [2.45, 2.75) is 89.9 Å². The number of anilines is 6. The van der Waals surface area contributed by atoms with E-state index in [1.165, 1.54) is 71.6 Å². The minimum atomic E-state index is -0.220. The number of hydrogen-bond acceptors (Lipinski definition) is 2. The monoisotopic (exact) mass is 1060 g/mol. The third-order valence-electron chi connectivity index (χ3n) is 18.7. The van der Waals surface area contributed by atoms with Gasteiger partial charge in [0.2, 0.25) is 0 Å². The van der Waals surface area contributed by atoms with Gasteiger partial charge in [-0.25, -0.2) is 0 Å². The smallest absolute Gasteiger partial charge is 0.0540 e. The lowest BCUT2D eigenvalue weighted by Crippen LogP contribution is -2.23. The van der Waals surface area contributed by atoms with Crippen molar-refractivity contribution in [1.29, 1.82) is 0 Å². The average molecular weight is 1060 g/mol. The van der Waals surface area contributed by atoms with E-state index in [9.17, 15) is 0 Å². The van der Waals surface area contributed by atoms with Gasteiger partial charge in [-0.2, -0.15) is 0 Å². The van der Waals surface area contributed by atoms with Crippen molar-refractivity contribution in [1.82, 2.24) is 0 Å². The number of fused-ring (bicyclic) bond motifs is 3. The largest absolute Gasteiger partial charge is 0.310 e. The molecule has 0 amide bonds. The van der Waals surface area contributed by atoms with Crippen LogP contribution in [0.4, 0.5) is 34.1 Å². The molecule has 2 atom stereocenters. The Morgan fingerprint density at radius 1 is 0.256 bits per heavy atom. The number of rotatable bonds is 16. The predicted molar refractivity (Wildman–Crippen MR) is 351 cm³/mol. The Kier molecular flexibility index (Phi) is 14.3. The molecule has 0 bridgehead atoms. The first-order valence-electron chi connectivity index (χ1n) is 29.4. The highest BCUT2D eigenvalue weighted by atomic mass is 15.2. The van der Waals surface area contributed by atoms with Crippen LogP contribution in [0.2, 0.25) is 0 Å². The molecule has 0 radical (unpaired) electrons. The molecular weight excluding hydrogens is 989 g/mol. The molecule has 0 aromatic heterocycles. The van der Waals surface area contributed by atoms with Gasteiger partial charge in [-0.1, -0.05) is 268 Å². The van der Waals surface area contributed by atoms with E-state index in [1.807, 2.05) is 0 Å². The zero-order chi connectivity index (χ0) is 56.6. The Labute approximate surface area is 487 Å². The second-order valence-corrected chi connectivity index (χ2v) is 24.0. The summed E-state index contributed by atoms with van der Waals surface area (Å²) < 4.78 is 0. The lowest BCUT2D eigenvalue weighted by molar-refractivity contribution is 0.550. The number of nitrogens with zero attached hydrogens (tertiary/aromatic N) is 2. The maximum Gasteiger partial charge on any atom is 0.0540 e. The SMILES string of the molecule is CCC(C)(c1ccccc1)c1ccc(N(c2ccc(C(C)(CC)c3ccccc3)cc2)c2ccc3cc(N(c4ccc(C(C)(C)c5ccc6ccccc6c5)cc4)c4ccc(C(C)(C)c5ccc6ccccc6c5)cc4)cccc2-3)cc1. The molecule has 0 aliphatic heterocycles. The number of benzene rings is 10. The van der Waals surface area contributed by atoms with Crippen LogP contribution < -0.4 is 9.80 Å². The van der Waals surface area contributed by atoms with Crippen LogP contribution in [-0.4, -0.2) is 0 Å². The van der Waals surface area contributed by atoms with E-state index in [2.05, 4.69) is 344 Å². The van der Waals surface area contributed by atoms with Crippen LogP contribution in [0.3, 0.4) is 0 Å². The summed E-state index contributed by atoms with van der Waals surface area (Å²) >= 11 is 0. The van der Waals surface area contributed by atoms with Gasteiger partial charge in [-0.15, -0.1) is 0 Å². The average Bonchev–Trinajstić information content (AvgIpc) is 3.86. The van der Waals surface area contributed by atoms with E-state index < -0.39 is 0 Å². The van der Waals surface area contributed by atoms with Crippen molar-refractivity contribution in [2.75, 3.05) is 9.80 Å². The molecule has 2 heteroatoms. The highest BCUT2D eigenvalue weighted by Gasteiger charge is 2.31. The summed E-state index contributed by atoms with van der Waals surface area (Å²) in [6.45, 7) is 18.7. The molecule has 404 valence electrons. The van der Waals surface area contributed by atoms with E-state index >= 15 is 0 Å². The van der Waals surface area contributed by atoms with Crippen molar-refractivity contribution < 1.29 is 0 Å². The molecule has 0 saturated carbocycles. The first kappa shape index (κ1) is 53.7. The van der Waals surface area contributed by atoms with Crippen LogP contribution >= 0.6 is 0 Å². The van der Waals surface area contributed by atoms with Crippen LogP contribution in [0.1, 0.15) is 113 Å². The maximum atomic E-state index is 2.46. The van der Waals surface area contributed by atoms with Crippen molar-refractivity contribution >= 4 is 55.7 Å². The molecule has 12 rings (SSSR count). The lowest BCUT2D eigenvalue weighted by Gasteiger charge is -2.32. The maximum absolute atomic E-state index is 2.46. The van der Waals surface area contributed by atoms with Crippen LogP contribution in [0.25, 0.3) is 32.7 Å². The predicted octanol–water partition coefficient (Wildman–Crippen LogP) is 22.1. The Morgan fingerprint density at radius 2 is 0.610 bits per heavy atom. The molecule has 82 heavy (non-hydrogen) atoms. The van der Waals surface area contributed by atoms with E-state index in [4.69, 9.17) is 0 Å². The van der Waals surface area contributed by atoms with Crippen LogP contribution in [-0.2, 0) is 21.7 Å². The molecule has 0 fully saturated rings. The van der Waals surface area contributed by atoms with Crippen molar-refractivity contribution in [3.05, 3.63) is 324 Å². The molecular formula is C80H74N2. The van der Waals surface area contributed by atoms with Crippen LogP contribution in [0.5, 0.6) is 0 Å². The fraction of sp³-hybridized carbons (Fsp3) is 0.175. The summed E-state index contributed by atoms with van der Waals surface area (Å²) in [5, 5.41) is 5.04. The van der Waals surface area contributed by atoms with Gasteiger partial charge < -0.3 is 9.80 Å². The van der Waals surface area contributed by atoms with E-state index in [-0.39, 0.29) is 21.7 Å². The minimum Gasteiger partial charge on any atom is -0.310 e. The Balaban J connectivity index is 0.944. The fourth-order valence-electron chi connectivity index (χ4n) is 12.7. The molecule has 2 nitrogen and oxygen atoms in total. The third kappa shape index (κ3) is 9.85. The van der Waals surface area contributed by atoms with Gasteiger partial charge in [0.1, 0.15) is 0 Å². The molecule has 2 aliphatic rings. The Hall–Kier alpha value is -8.98. The van der Waals surface area contributed by atoms with E-state index in [0.717, 1.165) is 52.5 Å². The zero-order valence-corrected chi connectivity index (χ0v) is 48.9. The first-order valence-corrected chi connectivity index (χ1v) is 29.4. The topological polar surface area (TPSA) is 6.48 Å². The second kappa shape index (κ2) is 21.8. The van der Waals surface area contributed by atoms with Gasteiger partial charge in [0.15, 0.2) is 0 Å². The van der Waals surface area contributed by atoms with Gasteiger partial charge >= 0.3 is 0 Å². The standard InChI is InChI=1S/C80H74N2/c1-9-79(7,64-26-13-11-14-27-64)66-41-49-72(50-42-66)82(73-51-43-67(44-52-73)80(8,10-2)65-28-15-12-16-29-65)76-53-34-61-56-74(30-21-31-75(61)76)81(70-45-37-62(38-46-70)77(3,4)68-35-32-57-22-17-19-24-59(57)54-68)71-47-39-63(40-48-71)78(5,6)69-36-33-58-23-18-20-25-60(58)55-69/h11-56H,9-10H2,1-8H3. The Bertz CT molecular complexity index is 3890. The summed E-state index contributed by atoms with van der Waals surface area (Å²) in [7, 11) is 0. The molecule has 10 aromatic carbocycles. The molecule has 0 saturated heterocycles.